The molecular weight excluding hydrogens is 537 g/mol. The molecule has 1 amide bonds. The van der Waals surface area contributed by atoms with Crippen molar-refractivity contribution in [3.05, 3.63) is 98.5 Å². The normalized spacial score (nSPS) is 14.5. The lowest BCUT2D eigenvalue weighted by molar-refractivity contribution is 0.0318. The number of nitrogens with zero attached hydrogens (tertiary/aromatic N) is 1. The summed E-state index contributed by atoms with van der Waals surface area (Å²) in [7, 11) is 0. The van der Waals surface area contributed by atoms with Gasteiger partial charge in [0.05, 0.1) is 26.9 Å². The van der Waals surface area contributed by atoms with Gasteiger partial charge in [-0.1, -0.05) is 35.3 Å². The summed E-state index contributed by atoms with van der Waals surface area (Å²) in [5, 5.41) is 10.3. The van der Waals surface area contributed by atoms with Gasteiger partial charge < -0.3 is 9.84 Å². The fraction of sp³-hybridized carbons (Fsp3) is 0.231. The van der Waals surface area contributed by atoms with Gasteiger partial charge in [0.2, 0.25) is 0 Å². The Labute approximate surface area is 219 Å². The van der Waals surface area contributed by atoms with E-state index in [1.54, 1.807) is 0 Å². The van der Waals surface area contributed by atoms with Gasteiger partial charge in [0.1, 0.15) is 6.10 Å². The maximum atomic E-state index is 14.1. The number of aliphatic hydroxyl groups excluding tert-OH is 1. The minimum Gasteiger partial charge on any atom is -0.459 e. The summed E-state index contributed by atoms with van der Waals surface area (Å²) >= 11 is 12.0. The van der Waals surface area contributed by atoms with Crippen LogP contribution in [0.3, 0.4) is 0 Å². The minimum atomic E-state index is -2.11. The number of rotatable bonds is 6. The Bertz CT molecular complexity index is 1360. The lowest BCUT2D eigenvalue weighted by atomic mass is 10.1. The number of anilines is 1. The average molecular weight is 556 g/mol. The number of ether oxygens (including phenoxy) is 1. The topological polar surface area (TPSA) is 66.8 Å². The Morgan fingerprint density at radius 1 is 0.865 bits per heavy atom. The van der Waals surface area contributed by atoms with Crippen LogP contribution in [0.15, 0.2) is 48.5 Å². The van der Waals surface area contributed by atoms with E-state index in [9.17, 15) is 32.3 Å². The highest BCUT2D eigenvalue weighted by Gasteiger charge is 2.34. The van der Waals surface area contributed by atoms with E-state index < -0.39 is 62.5 Å². The Morgan fingerprint density at radius 2 is 1.43 bits per heavy atom. The van der Waals surface area contributed by atoms with Gasteiger partial charge in [0, 0.05) is 5.56 Å². The van der Waals surface area contributed by atoms with Gasteiger partial charge in [-0.15, -0.1) is 0 Å². The molecular formula is C26H19Cl2F4NO4. The van der Waals surface area contributed by atoms with Crippen molar-refractivity contribution in [2.45, 2.75) is 38.0 Å². The van der Waals surface area contributed by atoms with Crippen molar-refractivity contribution in [3.8, 4) is 0 Å². The Morgan fingerprint density at radius 3 is 2.11 bits per heavy atom. The first-order valence-electron chi connectivity index (χ1n) is 11.2. The van der Waals surface area contributed by atoms with Crippen LogP contribution < -0.4 is 4.90 Å². The van der Waals surface area contributed by atoms with Gasteiger partial charge >= 0.3 is 5.97 Å². The van der Waals surface area contributed by atoms with E-state index in [2.05, 4.69) is 0 Å². The third-order valence-electron chi connectivity index (χ3n) is 5.98. The molecule has 1 atom stereocenters. The molecule has 1 aliphatic rings. The third kappa shape index (κ3) is 5.58. The molecule has 0 saturated heterocycles. The van der Waals surface area contributed by atoms with Gasteiger partial charge in [-0.3, -0.25) is 9.69 Å². The predicted octanol–water partition coefficient (Wildman–Crippen LogP) is 6.99. The number of hydrogen-bond acceptors (Lipinski definition) is 4. The van der Waals surface area contributed by atoms with Gasteiger partial charge in [-0.25, -0.2) is 22.4 Å². The monoisotopic (exact) mass is 555 g/mol. The quantitative estimate of drug-likeness (QED) is 0.154. The molecule has 0 aliphatic heterocycles. The van der Waals surface area contributed by atoms with Crippen molar-refractivity contribution >= 4 is 40.8 Å². The second-order valence-electron chi connectivity index (χ2n) is 8.41. The zero-order valence-corrected chi connectivity index (χ0v) is 20.5. The first kappa shape index (κ1) is 26.9. The van der Waals surface area contributed by atoms with E-state index >= 15 is 0 Å². The molecule has 1 unspecified atom stereocenters. The van der Waals surface area contributed by atoms with Gasteiger partial charge in [0.15, 0.2) is 29.5 Å². The van der Waals surface area contributed by atoms with Crippen molar-refractivity contribution < 1.29 is 37.0 Å². The number of aliphatic hydroxyl groups is 1. The number of benzene rings is 3. The number of carbonyl (C=O) groups excluding carboxylic acids is 2. The first-order chi connectivity index (χ1) is 17.6. The highest BCUT2D eigenvalue weighted by atomic mass is 35.5. The third-order valence-corrected chi connectivity index (χ3v) is 6.62. The fourth-order valence-electron chi connectivity index (χ4n) is 4.12. The Kier molecular flexibility index (Phi) is 8.06. The van der Waals surface area contributed by atoms with Crippen molar-refractivity contribution in [2.75, 3.05) is 4.90 Å². The van der Waals surface area contributed by atoms with E-state index in [0.29, 0.717) is 42.0 Å². The van der Waals surface area contributed by atoms with E-state index in [-0.39, 0.29) is 17.4 Å². The average Bonchev–Trinajstić information content (AvgIpc) is 3.37. The molecule has 3 aromatic carbocycles. The molecule has 0 heterocycles. The van der Waals surface area contributed by atoms with E-state index in [1.165, 1.54) is 24.3 Å². The van der Waals surface area contributed by atoms with Crippen LogP contribution in [0.25, 0.3) is 0 Å². The van der Waals surface area contributed by atoms with Crippen molar-refractivity contribution in [3.63, 3.8) is 0 Å². The molecule has 5 nitrogen and oxygen atoms in total. The molecule has 0 aromatic heterocycles. The van der Waals surface area contributed by atoms with Crippen LogP contribution in [0, 0.1) is 23.3 Å². The zero-order chi connectivity index (χ0) is 26.9. The lowest BCUT2D eigenvalue weighted by Crippen LogP contribution is -2.37. The predicted molar refractivity (Wildman–Crippen MR) is 129 cm³/mol. The van der Waals surface area contributed by atoms with Crippen LogP contribution in [0.4, 0.5) is 23.2 Å². The molecule has 11 heteroatoms. The minimum absolute atomic E-state index is 0.154. The molecule has 194 valence electrons. The fourth-order valence-corrected chi connectivity index (χ4v) is 4.60. The molecule has 0 radical (unpaired) electrons. The van der Waals surface area contributed by atoms with Crippen LogP contribution in [-0.2, 0) is 4.74 Å². The van der Waals surface area contributed by atoms with Gasteiger partial charge in [0.25, 0.3) is 5.91 Å². The number of carbonyl (C=O) groups is 2. The number of halogens is 6. The second kappa shape index (κ2) is 11.1. The summed E-state index contributed by atoms with van der Waals surface area (Å²) in [5.74, 6) is -7.38. The summed E-state index contributed by atoms with van der Waals surface area (Å²) < 4.78 is 61.0. The smallest absolute Gasteiger partial charge is 0.340 e. The highest BCUT2D eigenvalue weighted by Crippen LogP contribution is 2.36. The van der Waals surface area contributed by atoms with E-state index in [1.807, 2.05) is 0 Å². The van der Waals surface area contributed by atoms with Crippen LogP contribution >= 0.6 is 23.2 Å². The molecule has 1 saturated carbocycles. The van der Waals surface area contributed by atoms with Crippen molar-refractivity contribution in [1.82, 2.24) is 0 Å². The Balaban J connectivity index is 1.86. The molecule has 3 aromatic rings. The van der Waals surface area contributed by atoms with Crippen LogP contribution in [0.1, 0.15) is 58.2 Å². The SMILES string of the molecule is O=C(OC1CCCC1)c1ccccc1N(C(=O)c1cc(F)c(F)cc1Cl)C(O)c1cc(F)c(F)cc1Cl. The van der Waals surface area contributed by atoms with E-state index in [4.69, 9.17) is 27.9 Å². The molecule has 1 N–H and O–H groups in total. The van der Waals surface area contributed by atoms with Crippen LogP contribution in [-0.4, -0.2) is 23.1 Å². The summed E-state index contributed by atoms with van der Waals surface area (Å²) in [6.07, 6.45) is 0.635. The Hall–Kier alpha value is -3.14. The number of hydrogen-bond donors (Lipinski definition) is 1. The summed E-state index contributed by atoms with van der Waals surface area (Å²) in [6, 6.07) is 7.81. The van der Waals surface area contributed by atoms with Crippen LogP contribution in [0.2, 0.25) is 10.0 Å². The molecule has 4 rings (SSSR count). The standard InChI is InChI=1S/C26H19Cl2F4NO4/c27-17-11-21(31)19(29)9-15(17)24(34)33(25(35)16-10-20(30)22(32)12-18(16)28)23-8-4-3-7-14(23)26(36)37-13-5-1-2-6-13/h3-4,7-13,24,34H,1-2,5-6H2. The number of amides is 1. The molecule has 1 fully saturated rings. The van der Waals surface area contributed by atoms with Gasteiger partial charge in [-0.2, -0.15) is 0 Å². The molecule has 37 heavy (non-hydrogen) atoms. The highest BCUT2D eigenvalue weighted by molar-refractivity contribution is 6.34. The summed E-state index contributed by atoms with van der Waals surface area (Å²) in [5.41, 5.74) is -1.38. The lowest BCUT2D eigenvalue weighted by Gasteiger charge is -2.31. The van der Waals surface area contributed by atoms with Gasteiger partial charge in [-0.05, 0) is 62.1 Å². The second-order valence-corrected chi connectivity index (χ2v) is 9.23. The number of esters is 1. The van der Waals surface area contributed by atoms with Crippen molar-refractivity contribution in [1.29, 1.82) is 0 Å². The number of para-hydroxylation sites is 1. The van der Waals surface area contributed by atoms with Crippen molar-refractivity contribution in [2.24, 2.45) is 0 Å². The molecule has 0 spiro atoms. The summed E-state index contributed by atoms with van der Waals surface area (Å²) in [4.78, 5) is 27.3. The summed E-state index contributed by atoms with van der Waals surface area (Å²) in [6.45, 7) is 0. The van der Waals surface area contributed by atoms with E-state index in [0.717, 1.165) is 12.8 Å². The molecule has 1 aliphatic carbocycles. The maximum Gasteiger partial charge on any atom is 0.340 e. The largest absolute Gasteiger partial charge is 0.459 e. The molecule has 0 bridgehead atoms. The zero-order valence-electron chi connectivity index (χ0n) is 19.0. The maximum absolute atomic E-state index is 14.1. The van der Waals surface area contributed by atoms with Crippen LogP contribution in [0.5, 0.6) is 0 Å². The first-order valence-corrected chi connectivity index (χ1v) is 11.9.